The Morgan fingerprint density at radius 3 is 2.21 bits per heavy atom. The molecule has 1 aliphatic heterocycles. The Morgan fingerprint density at radius 1 is 1.18 bits per heavy atom. The van der Waals surface area contributed by atoms with Gasteiger partial charge in [-0.15, -0.1) is 0 Å². The Balaban J connectivity index is 0.00000272. The maximum Gasteiger partial charge on any atom is 0.302 e. The molecule has 2 radical (unpaired) electrons. The molecule has 33 heavy (non-hydrogen) atoms. The van der Waals surface area contributed by atoms with Crippen LogP contribution in [-0.4, -0.2) is 74.9 Å². The SMILES string of the molecule is CC(=O)O[C@H](C1C[C@H](O)C(C)=CC1(C)C)C1[C@]2(O)CO[C@@H]2C[C@H](O)[C@@]1(C)C(=O)[C@@H](C)O.[Ac].[Ac]. The largest absolute Gasteiger partial charge is 0.462 e. The summed E-state index contributed by atoms with van der Waals surface area (Å²) in [5.41, 5.74) is -2.83. The van der Waals surface area contributed by atoms with Crippen molar-refractivity contribution in [3.05, 3.63) is 11.6 Å². The fourth-order valence-electron chi connectivity index (χ4n) is 6.15. The Morgan fingerprint density at radius 2 is 1.76 bits per heavy atom. The molecule has 3 rings (SSSR count). The van der Waals surface area contributed by atoms with E-state index in [2.05, 4.69) is 0 Å². The number of rotatable bonds is 5. The molecule has 3 aliphatic rings. The van der Waals surface area contributed by atoms with Crippen molar-refractivity contribution in [2.24, 2.45) is 22.7 Å². The van der Waals surface area contributed by atoms with Crippen LogP contribution < -0.4 is 0 Å². The van der Waals surface area contributed by atoms with Gasteiger partial charge in [0.15, 0.2) is 5.78 Å². The van der Waals surface area contributed by atoms with E-state index in [4.69, 9.17) is 9.47 Å². The number of hydrogen-bond donors (Lipinski definition) is 4. The van der Waals surface area contributed by atoms with Crippen molar-refractivity contribution in [3.63, 3.8) is 0 Å². The van der Waals surface area contributed by atoms with Gasteiger partial charge in [-0.3, -0.25) is 9.59 Å². The summed E-state index contributed by atoms with van der Waals surface area (Å²) in [6.07, 6.45) is -2.84. The fraction of sp³-hybridized carbons (Fsp3) is 0.826. The molecule has 2 aliphatic carbocycles. The summed E-state index contributed by atoms with van der Waals surface area (Å²) in [5, 5.41) is 43.4. The first-order chi connectivity index (χ1) is 14.2. The van der Waals surface area contributed by atoms with Crippen LogP contribution in [0.25, 0.3) is 0 Å². The summed E-state index contributed by atoms with van der Waals surface area (Å²) in [5.74, 6) is -2.69. The number of ketones is 1. The van der Waals surface area contributed by atoms with Crippen LogP contribution in [0, 0.1) is 111 Å². The number of aliphatic hydroxyl groups excluding tert-OH is 3. The van der Waals surface area contributed by atoms with Crippen LogP contribution in [0.15, 0.2) is 11.6 Å². The molecule has 0 aromatic rings. The van der Waals surface area contributed by atoms with Crippen LogP contribution in [0.5, 0.6) is 0 Å². The molecule has 0 aromatic heterocycles. The van der Waals surface area contributed by atoms with Crippen LogP contribution in [0.4, 0.5) is 0 Å². The first kappa shape index (κ1) is 32.6. The van der Waals surface area contributed by atoms with Crippen LogP contribution in [0.2, 0.25) is 0 Å². The Labute approximate surface area is 267 Å². The fourth-order valence-corrected chi connectivity index (χ4v) is 6.15. The number of hydrogen-bond acceptors (Lipinski definition) is 8. The van der Waals surface area contributed by atoms with E-state index in [1.165, 1.54) is 20.8 Å². The Kier molecular flexibility index (Phi) is 11.4. The van der Waals surface area contributed by atoms with Gasteiger partial charge in [-0.05, 0) is 38.2 Å². The third-order valence-electron chi connectivity index (χ3n) is 7.88. The summed E-state index contributed by atoms with van der Waals surface area (Å²) in [7, 11) is 0. The minimum absolute atomic E-state index is 0. The predicted octanol–water partition coefficient (Wildman–Crippen LogP) is 0.738. The molecule has 0 bridgehead atoms. The third kappa shape index (κ3) is 5.70. The van der Waals surface area contributed by atoms with Crippen LogP contribution in [0.3, 0.4) is 0 Å². The number of aliphatic hydroxyl groups is 4. The third-order valence-corrected chi connectivity index (χ3v) is 7.88. The molecular formula is C23H36Ac2O8. The zero-order valence-electron chi connectivity index (χ0n) is 20.3. The standard InChI is InChI=1S/C23H36O8.2Ac/c1-11-9-21(4,5)14(7-15(11)26)18(31-13(3)25)19-22(6,20(28)12(2)24)16(27)8-17-23(19,29)10-30-17;;/h9,12,14-19,24,26-27,29H,7-8,10H2,1-6H3;;/t12-,14?,15+,16+,17-,18-,19?,22-,23+;;/m1../s1. The average Bonchev–Trinajstić information content (AvgIpc) is 2.64. The molecule has 0 aromatic carbocycles. The Bertz CT molecular complexity index is 784. The van der Waals surface area contributed by atoms with Crippen molar-refractivity contribution < 1.29 is 128 Å². The number of carbonyl (C=O) groups excluding carboxylic acids is 2. The number of fused-ring (bicyclic) bond motifs is 1. The van der Waals surface area contributed by atoms with Crippen molar-refractivity contribution in [1.82, 2.24) is 0 Å². The minimum atomic E-state index is -1.58. The number of ether oxygens (including phenoxy) is 2. The van der Waals surface area contributed by atoms with E-state index in [1.54, 1.807) is 0 Å². The van der Waals surface area contributed by atoms with E-state index in [0.29, 0.717) is 0 Å². The number of Topliss-reactive ketones (excluding diaryl/α,β-unsaturated/α-hetero) is 1. The van der Waals surface area contributed by atoms with E-state index in [-0.39, 0.29) is 108 Å². The van der Waals surface area contributed by atoms with Gasteiger partial charge >= 0.3 is 5.97 Å². The summed E-state index contributed by atoms with van der Waals surface area (Å²) >= 11 is 0. The summed E-state index contributed by atoms with van der Waals surface area (Å²) in [6, 6.07) is 0. The molecule has 9 atom stereocenters. The molecule has 0 amide bonds. The van der Waals surface area contributed by atoms with E-state index in [9.17, 15) is 30.0 Å². The quantitative estimate of drug-likeness (QED) is 0.235. The van der Waals surface area contributed by atoms with Crippen molar-refractivity contribution in [1.29, 1.82) is 0 Å². The van der Waals surface area contributed by atoms with Gasteiger partial charge in [-0.1, -0.05) is 19.9 Å². The van der Waals surface area contributed by atoms with E-state index in [1.807, 2.05) is 26.8 Å². The second-order valence-corrected chi connectivity index (χ2v) is 10.5. The van der Waals surface area contributed by atoms with Crippen molar-refractivity contribution in [2.45, 2.75) is 90.5 Å². The number of carbonyl (C=O) groups is 2. The van der Waals surface area contributed by atoms with Gasteiger partial charge in [0.2, 0.25) is 0 Å². The summed E-state index contributed by atoms with van der Waals surface area (Å²) < 4.78 is 11.3. The van der Waals surface area contributed by atoms with Gasteiger partial charge in [-0.2, -0.15) is 0 Å². The second kappa shape index (κ2) is 11.5. The molecule has 2 unspecified atom stereocenters. The van der Waals surface area contributed by atoms with Crippen LogP contribution in [-0.2, 0) is 19.1 Å². The molecule has 1 saturated heterocycles. The van der Waals surface area contributed by atoms with E-state index < -0.39 is 70.5 Å². The van der Waals surface area contributed by atoms with Gasteiger partial charge < -0.3 is 29.9 Å². The molecule has 182 valence electrons. The molecule has 10 heteroatoms. The molecule has 8 nitrogen and oxygen atoms in total. The molecular weight excluding hydrogens is 858 g/mol. The summed E-state index contributed by atoms with van der Waals surface area (Å²) in [4.78, 5) is 25.4. The van der Waals surface area contributed by atoms with Crippen LogP contribution in [0.1, 0.15) is 54.4 Å². The summed E-state index contributed by atoms with van der Waals surface area (Å²) in [6.45, 7) is 9.77. The average molecular weight is 895 g/mol. The topological polar surface area (TPSA) is 134 Å². The van der Waals surface area contributed by atoms with Crippen molar-refractivity contribution in [2.75, 3.05) is 6.61 Å². The first-order valence-corrected chi connectivity index (χ1v) is 10.9. The monoisotopic (exact) mass is 894 g/mol. The van der Waals surface area contributed by atoms with Gasteiger partial charge in [0.05, 0.1) is 30.3 Å². The second-order valence-electron chi connectivity index (χ2n) is 10.5. The first-order valence-electron chi connectivity index (χ1n) is 10.9. The molecule has 1 saturated carbocycles. The minimum Gasteiger partial charge on any atom is -0.462 e. The van der Waals surface area contributed by atoms with Crippen molar-refractivity contribution in [3.8, 4) is 0 Å². The zero-order valence-corrected chi connectivity index (χ0v) is 29.8. The normalized spacial score (nSPS) is 41.0. The molecule has 0 spiro atoms. The molecule has 2 fully saturated rings. The number of esters is 1. The maximum absolute atomic E-state index is 13.2. The van der Waals surface area contributed by atoms with Gasteiger partial charge in [-0.25, -0.2) is 0 Å². The molecule has 1 heterocycles. The van der Waals surface area contributed by atoms with E-state index >= 15 is 0 Å². The van der Waals surface area contributed by atoms with E-state index in [0.717, 1.165) is 5.57 Å². The van der Waals surface area contributed by atoms with Gasteiger partial charge in [0.1, 0.15) is 17.8 Å². The molecule has 4 N–H and O–H groups in total. The van der Waals surface area contributed by atoms with Crippen LogP contribution >= 0.6 is 0 Å². The number of allylic oxidation sites excluding steroid dienone is 1. The predicted molar refractivity (Wildman–Crippen MR) is 111 cm³/mol. The zero-order chi connectivity index (χ0) is 23.5. The maximum atomic E-state index is 13.2. The van der Waals surface area contributed by atoms with Gasteiger partial charge in [0.25, 0.3) is 0 Å². The Hall–Kier alpha value is 1.56. The van der Waals surface area contributed by atoms with Gasteiger partial charge in [0, 0.05) is 113 Å². The van der Waals surface area contributed by atoms with Crippen molar-refractivity contribution >= 4 is 11.8 Å². The smallest absolute Gasteiger partial charge is 0.302 e.